The maximum absolute atomic E-state index is 5.01. The van der Waals surface area contributed by atoms with Crippen molar-refractivity contribution in [2.45, 2.75) is 6.42 Å². The maximum Gasteiger partial charge on any atom is 0.186 e. The highest BCUT2D eigenvalue weighted by Gasteiger charge is 1.92. The lowest BCUT2D eigenvalue weighted by Gasteiger charge is -2.05. The quantitative estimate of drug-likeness (QED) is 0.298. The number of rotatable bonds is 6. The summed E-state index contributed by atoms with van der Waals surface area (Å²) in [6, 6.07) is 3.82. The average molecular weight is 240 g/mol. The number of nitrogens with zero attached hydrogens (tertiary/aromatic N) is 1. The molecule has 88 valence electrons. The van der Waals surface area contributed by atoms with Crippen molar-refractivity contribution in [1.82, 2.24) is 15.7 Å². The van der Waals surface area contributed by atoms with E-state index in [1.54, 1.807) is 13.3 Å². The minimum absolute atomic E-state index is 0.513. The standard InChI is InChI=1S/C10H16N4OS/c1-15-7-3-6-12-10(16)14-13-8-9-4-2-5-11-9/h2,4-5,8,11H,3,6-7H2,1H3,(H2,12,14,16). The predicted molar refractivity (Wildman–Crippen MR) is 68.6 cm³/mol. The highest BCUT2D eigenvalue weighted by atomic mass is 32.1. The lowest BCUT2D eigenvalue weighted by molar-refractivity contribution is 0.195. The molecule has 6 heteroatoms. The molecule has 0 aliphatic carbocycles. The monoisotopic (exact) mass is 240 g/mol. The van der Waals surface area contributed by atoms with Crippen LogP contribution in [0.1, 0.15) is 12.1 Å². The molecule has 3 N–H and O–H groups in total. The Bertz CT molecular complexity index is 324. The Morgan fingerprint density at radius 2 is 2.56 bits per heavy atom. The molecule has 1 aromatic rings. The summed E-state index contributed by atoms with van der Waals surface area (Å²) in [5.41, 5.74) is 3.65. The number of aromatic nitrogens is 1. The smallest absolute Gasteiger partial charge is 0.186 e. The highest BCUT2D eigenvalue weighted by molar-refractivity contribution is 7.80. The second-order valence-corrected chi connectivity index (χ2v) is 3.51. The third-order valence-corrected chi connectivity index (χ3v) is 2.04. The largest absolute Gasteiger partial charge is 0.385 e. The molecule has 1 rings (SSSR count). The van der Waals surface area contributed by atoms with Crippen LogP contribution in [0.2, 0.25) is 0 Å². The van der Waals surface area contributed by atoms with Gasteiger partial charge < -0.3 is 15.0 Å². The van der Waals surface area contributed by atoms with Crippen molar-refractivity contribution in [3.05, 3.63) is 24.0 Å². The molecular weight excluding hydrogens is 224 g/mol. The Labute approximate surface area is 100 Å². The average Bonchev–Trinajstić information content (AvgIpc) is 2.77. The van der Waals surface area contributed by atoms with Gasteiger partial charge in [-0.2, -0.15) is 5.10 Å². The first-order valence-electron chi connectivity index (χ1n) is 5.02. The van der Waals surface area contributed by atoms with Gasteiger partial charge in [0.1, 0.15) is 0 Å². The van der Waals surface area contributed by atoms with E-state index in [-0.39, 0.29) is 0 Å². The second-order valence-electron chi connectivity index (χ2n) is 3.10. The van der Waals surface area contributed by atoms with Crippen molar-refractivity contribution < 1.29 is 4.74 Å². The van der Waals surface area contributed by atoms with Gasteiger partial charge in [0.05, 0.1) is 11.9 Å². The molecule has 0 amide bonds. The molecule has 0 saturated heterocycles. The molecule has 0 saturated carbocycles. The van der Waals surface area contributed by atoms with Crippen LogP contribution in [-0.2, 0) is 4.74 Å². The summed E-state index contributed by atoms with van der Waals surface area (Å²) >= 11 is 5.01. The number of hydrazone groups is 1. The van der Waals surface area contributed by atoms with E-state index in [0.717, 1.165) is 25.3 Å². The fourth-order valence-electron chi connectivity index (χ4n) is 1.04. The summed E-state index contributed by atoms with van der Waals surface area (Å²) in [5, 5.41) is 7.50. The molecule has 1 aromatic heterocycles. The first-order chi connectivity index (χ1) is 7.83. The number of aromatic amines is 1. The lowest BCUT2D eigenvalue weighted by atomic mass is 10.4. The van der Waals surface area contributed by atoms with E-state index in [1.165, 1.54) is 0 Å². The van der Waals surface area contributed by atoms with Crippen molar-refractivity contribution in [1.29, 1.82) is 0 Å². The number of methoxy groups -OCH3 is 1. The molecule has 0 bridgehead atoms. The first kappa shape index (κ1) is 12.7. The van der Waals surface area contributed by atoms with Gasteiger partial charge in [-0.3, -0.25) is 5.43 Å². The van der Waals surface area contributed by atoms with Crippen LogP contribution in [-0.4, -0.2) is 36.6 Å². The Hall–Kier alpha value is -1.40. The minimum Gasteiger partial charge on any atom is -0.385 e. The van der Waals surface area contributed by atoms with Crippen LogP contribution in [0.4, 0.5) is 0 Å². The molecule has 0 unspecified atom stereocenters. The number of H-pyrrole nitrogens is 1. The summed E-state index contributed by atoms with van der Waals surface area (Å²) in [4.78, 5) is 3.00. The Morgan fingerprint density at radius 3 is 3.25 bits per heavy atom. The molecule has 0 spiro atoms. The maximum atomic E-state index is 5.01. The fraction of sp³-hybridized carbons (Fsp3) is 0.400. The van der Waals surface area contributed by atoms with Crippen molar-refractivity contribution >= 4 is 23.5 Å². The van der Waals surface area contributed by atoms with Gasteiger partial charge in [0.15, 0.2) is 5.11 Å². The van der Waals surface area contributed by atoms with Gasteiger partial charge >= 0.3 is 0 Å². The molecular formula is C10H16N4OS. The van der Waals surface area contributed by atoms with Crippen LogP contribution in [0.3, 0.4) is 0 Å². The Balaban J connectivity index is 2.10. The molecule has 0 atom stereocenters. The molecule has 5 nitrogen and oxygen atoms in total. The van der Waals surface area contributed by atoms with Gasteiger partial charge in [-0.05, 0) is 30.8 Å². The summed E-state index contributed by atoms with van der Waals surface area (Å²) in [5.74, 6) is 0. The molecule has 0 aliphatic rings. The molecule has 0 radical (unpaired) electrons. The summed E-state index contributed by atoms with van der Waals surface area (Å²) < 4.78 is 4.92. The van der Waals surface area contributed by atoms with E-state index < -0.39 is 0 Å². The van der Waals surface area contributed by atoms with E-state index in [2.05, 4.69) is 20.8 Å². The number of nitrogens with one attached hydrogen (secondary N) is 3. The van der Waals surface area contributed by atoms with Crippen LogP contribution < -0.4 is 10.7 Å². The zero-order valence-corrected chi connectivity index (χ0v) is 10.0. The highest BCUT2D eigenvalue weighted by Crippen LogP contribution is 1.87. The van der Waals surface area contributed by atoms with E-state index in [1.807, 2.05) is 18.3 Å². The van der Waals surface area contributed by atoms with Crippen LogP contribution >= 0.6 is 12.2 Å². The van der Waals surface area contributed by atoms with Gasteiger partial charge in [0.25, 0.3) is 0 Å². The topological polar surface area (TPSA) is 61.4 Å². The minimum atomic E-state index is 0.513. The van der Waals surface area contributed by atoms with Gasteiger partial charge in [0, 0.05) is 26.5 Å². The number of ether oxygens (including phenoxy) is 1. The van der Waals surface area contributed by atoms with Gasteiger partial charge in [-0.1, -0.05) is 0 Å². The van der Waals surface area contributed by atoms with Crippen LogP contribution in [0, 0.1) is 0 Å². The Kier molecular flexibility index (Phi) is 6.20. The predicted octanol–water partition coefficient (Wildman–Crippen LogP) is 0.849. The molecule has 1 heterocycles. The summed E-state index contributed by atoms with van der Waals surface area (Å²) in [7, 11) is 1.68. The van der Waals surface area contributed by atoms with Gasteiger partial charge in [-0.25, -0.2) is 0 Å². The molecule has 0 fully saturated rings. The van der Waals surface area contributed by atoms with E-state index >= 15 is 0 Å². The van der Waals surface area contributed by atoms with E-state index in [9.17, 15) is 0 Å². The number of thiocarbonyl (C=S) groups is 1. The lowest BCUT2D eigenvalue weighted by Crippen LogP contribution is -2.33. The van der Waals surface area contributed by atoms with Gasteiger partial charge in [-0.15, -0.1) is 0 Å². The SMILES string of the molecule is COCCCNC(=S)NN=Cc1ccc[nH]1. The first-order valence-corrected chi connectivity index (χ1v) is 5.43. The van der Waals surface area contributed by atoms with Crippen LogP contribution in [0.5, 0.6) is 0 Å². The summed E-state index contributed by atoms with van der Waals surface area (Å²) in [6.45, 7) is 1.50. The summed E-state index contributed by atoms with van der Waals surface area (Å²) in [6.07, 6.45) is 4.42. The zero-order valence-electron chi connectivity index (χ0n) is 9.19. The number of hydrogen-bond acceptors (Lipinski definition) is 3. The van der Waals surface area contributed by atoms with Crippen LogP contribution in [0.15, 0.2) is 23.4 Å². The zero-order chi connectivity index (χ0) is 11.6. The normalized spacial score (nSPS) is 10.6. The van der Waals surface area contributed by atoms with Crippen LogP contribution in [0.25, 0.3) is 0 Å². The van der Waals surface area contributed by atoms with Crippen molar-refractivity contribution in [2.75, 3.05) is 20.3 Å². The third kappa shape index (κ3) is 5.47. The van der Waals surface area contributed by atoms with E-state index in [0.29, 0.717) is 5.11 Å². The Morgan fingerprint density at radius 1 is 1.69 bits per heavy atom. The van der Waals surface area contributed by atoms with Gasteiger partial charge in [0.2, 0.25) is 0 Å². The fourth-order valence-corrected chi connectivity index (χ4v) is 1.20. The van der Waals surface area contributed by atoms with E-state index in [4.69, 9.17) is 17.0 Å². The van der Waals surface area contributed by atoms with Crippen molar-refractivity contribution in [3.8, 4) is 0 Å². The third-order valence-electron chi connectivity index (χ3n) is 1.80. The molecule has 0 aromatic carbocycles. The van der Waals surface area contributed by atoms with Crippen molar-refractivity contribution in [3.63, 3.8) is 0 Å². The molecule has 0 aliphatic heterocycles. The van der Waals surface area contributed by atoms with Crippen molar-refractivity contribution in [2.24, 2.45) is 5.10 Å². The molecule has 16 heavy (non-hydrogen) atoms. The number of hydrogen-bond donors (Lipinski definition) is 3. The second kappa shape index (κ2) is 7.84.